The highest BCUT2D eigenvalue weighted by Crippen LogP contribution is 2.31. The van der Waals surface area contributed by atoms with E-state index in [9.17, 15) is 19.2 Å². The molecule has 294 valence electrons. The summed E-state index contributed by atoms with van der Waals surface area (Å²) in [5.74, 6) is -1.67. The molecule has 1 aromatic heterocycles. The highest BCUT2D eigenvalue weighted by Gasteiger charge is 2.25. The number of aromatic nitrogens is 1. The van der Waals surface area contributed by atoms with Gasteiger partial charge in [-0.05, 0) is 78.4 Å². The van der Waals surface area contributed by atoms with Gasteiger partial charge in [-0.3, -0.25) is 15.0 Å². The van der Waals surface area contributed by atoms with Gasteiger partial charge in [-0.15, -0.1) is 0 Å². The third-order valence-electron chi connectivity index (χ3n) is 8.89. The van der Waals surface area contributed by atoms with Crippen molar-refractivity contribution in [3.05, 3.63) is 149 Å². The monoisotopic (exact) mass is 770 g/mol. The van der Waals surface area contributed by atoms with Crippen molar-refractivity contribution in [2.24, 2.45) is 11.7 Å². The zero-order valence-electron chi connectivity index (χ0n) is 32.0. The first-order chi connectivity index (χ1) is 27.5. The van der Waals surface area contributed by atoms with E-state index in [4.69, 9.17) is 25.4 Å². The predicted octanol–water partition coefficient (Wildman–Crippen LogP) is 7.11. The zero-order valence-corrected chi connectivity index (χ0v) is 32.0. The van der Waals surface area contributed by atoms with Crippen LogP contribution in [0.4, 0.5) is 10.5 Å². The molecule has 13 heteroatoms. The number of ether oxygens (including phenoxy) is 3. The van der Waals surface area contributed by atoms with E-state index in [1.807, 2.05) is 74.5 Å². The lowest BCUT2D eigenvalue weighted by atomic mass is 9.95. The van der Waals surface area contributed by atoms with Crippen LogP contribution < -0.4 is 26.4 Å². The maximum Gasteiger partial charge on any atom is 0.407 e. The van der Waals surface area contributed by atoms with Crippen LogP contribution >= 0.6 is 0 Å². The molecule has 57 heavy (non-hydrogen) atoms. The summed E-state index contributed by atoms with van der Waals surface area (Å²) in [6, 6.07) is 32.4. The largest absolute Gasteiger partial charge is 0.478 e. The van der Waals surface area contributed by atoms with Crippen molar-refractivity contribution in [3.63, 3.8) is 0 Å². The number of hydrogen-bond acceptors (Lipinski definition) is 9. The number of nitrogen functional groups attached to an aromatic ring is 1. The average molecular weight is 771 g/mol. The highest BCUT2D eigenvalue weighted by atomic mass is 16.5. The van der Waals surface area contributed by atoms with E-state index in [-0.39, 0.29) is 60.3 Å². The Morgan fingerprint density at radius 3 is 1.98 bits per heavy atom. The van der Waals surface area contributed by atoms with Gasteiger partial charge < -0.3 is 35.9 Å². The number of benzene rings is 4. The summed E-state index contributed by atoms with van der Waals surface area (Å²) >= 11 is 0. The van der Waals surface area contributed by atoms with Gasteiger partial charge in [0, 0.05) is 41.0 Å². The molecular formula is C44H46N6O7. The van der Waals surface area contributed by atoms with Gasteiger partial charge >= 0.3 is 12.1 Å². The number of nitrogens with one attached hydrogen (secondary N) is 4. The van der Waals surface area contributed by atoms with Gasteiger partial charge in [0.1, 0.15) is 24.7 Å². The molecule has 13 nitrogen and oxygen atoms in total. The molecule has 0 fully saturated rings. The van der Waals surface area contributed by atoms with E-state index in [0.717, 1.165) is 11.1 Å². The Morgan fingerprint density at radius 1 is 0.754 bits per heavy atom. The first kappa shape index (κ1) is 41.1. The Hall–Kier alpha value is -7.02. The van der Waals surface area contributed by atoms with Crippen molar-refractivity contribution < 1.29 is 33.4 Å². The second kappa shape index (κ2) is 20.1. The van der Waals surface area contributed by atoms with Crippen molar-refractivity contribution in [1.29, 1.82) is 5.41 Å². The number of nitrogens with zero attached hydrogens (tertiary/aromatic N) is 1. The van der Waals surface area contributed by atoms with Crippen LogP contribution in [-0.4, -0.2) is 53.9 Å². The van der Waals surface area contributed by atoms with Crippen LogP contribution in [0.3, 0.4) is 0 Å². The van der Waals surface area contributed by atoms with E-state index in [1.165, 1.54) is 6.07 Å². The molecule has 1 heterocycles. The van der Waals surface area contributed by atoms with Crippen LogP contribution in [0.2, 0.25) is 0 Å². The lowest BCUT2D eigenvalue weighted by molar-refractivity contribution is 0.0473. The smallest absolute Gasteiger partial charge is 0.407 e. The van der Waals surface area contributed by atoms with Gasteiger partial charge in [0.2, 0.25) is 5.88 Å². The van der Waals surface area contributed by atoms with Crippen molar-refractivity contribution in [3.8, 4) is 17.0 Å². The predicted molar refractivity (Wildman–Crippen MR) is 217 cm³/mol. The molecule has 6 N–H and O–H groups in total. The van der Waals surface area contributed by atoms with Crippen molar-refractivity contribution >= 4 is 35.4 Å². The van der Waals surface area contributed by atoms with Gasteiger partial charge in [0.15, 0.2) is 0 Å². The van der Waals surface area contributed by atoms with Gasteiger partial charge in [0.05, 0.1) is 12.2 Å². The average Bonchev–Trinajstić information content (AvgIpc) is 3.22. The van der Waals surface area contributed by atoms with Gasteiger partial charge in [0.25, 0.3) is 11.8 Å². The summed E-state index contributed by atoms with van der Waals surface area (Å²) < 4.78 is 16.7. The number of alkyl carbamates (subject to hydrolysis) is 1. The number of amides is 3. The minimum Gasteiger partial charge on any atom is -0.478 e. The molecule has 0 aliphatic carbocycles. The fraction of sp³-hybridized carbons (Fsp3) is 0.227. The number of carbonyl (C=O) groups excluding carboxylic acids is 4. The van der Waals surface area contributed by atoms with Crippen molar-refractivity contribution in [2.45, 2.75) is 46.4 Å². The fourth-order valence-corrected chi connectivity index (χ4v) is 5.80. The third kappa shape index (κ3) is 11.7. The fourth-order valence-electron chi connectivity index (χ4n) is 5.80. The van der Waals surface area contributed by atoms with Crippen LogP contribution in [0.5, 0.6) is 5.88 Å². The van der Waals surface area contributed by atoms with E-state index < -0.39 is 23.9 Å². The lowest BCUT2D eigenvalue weighted by Crippen LogP contribution is -2.41. The Labute approximate surface area is 331 Å². The highest BCUT2D eigenvalue weighted by molar-refractivity contribution is 6.10. The second-order valence-corrected chi connectivity index (χ2v) is 13.3. The van der Waals surface area contributed by atoms with Gasteiger partial charge in [-0.1, -0.05) is 80.6 Å². The molecule has 0 bridgehead atoms. The van der Waals surface area contributed by atoms with Gasteiger partial charge in [-0.2, -0.15) is 0 Å². The lowest BCUT2D eigenvalue weighted by Gasteiger charge is -2.23. The molecule has 0 spiro atoms. The molecule has 0 saturated carbocycles. The van der Waals surface area contributed by atoms with Crippen molar-refractivity contribution in [2.75, 3.05) is 18.5 Å². The molecule has 4 aromatic carbocycles. The standard InChI is InChI=1S/C44H46N6O7/c1-4-55-38-22-21-35(39(50-38)42(52)48-33-18-15-31(16-19-33)40(45)46)34-20-17-32(25-36(34)43(53)56-26-29-11-7-5-8-12-29)41(51)49-37(28(2)3)23-24-47-44(54)57-27-30-13-9-6-10-14-30/h5-22,25,28,37H,4,23-24,26-27H2,1-3H3,(H3,45,46)(H,47,54)(H,48,52)(H,49,51). The number of rotatable bonds is 17. The van der Waals surface area contributed by atoms with Gasteiger partial charge in [-0.25, -0.2) is 14.6 Å². The van der Waals surface area contributed by atoms with Crippen LogP contribution in [0.25, 0.3) is 11.1 Å². The summed E-state index contributed by atoms with van der Waals surface area (Å²) in [4.78, 5) is 58.4. The Morgan fingerprint density at radius 2 is 1.37 bits per heavy atom. The minimum absolute atomic E-state index is 0.000309. The molecule has 0 aliphatic rings. The molecule has 5 aromatic rings. The molecule has 3 amide bonds. The second-order valence-electron chi connectivity index (χ2n) is 13.3. The Balaban J connectivity index is 1.40. The number of carbonyl (C=O) groups is 4. The van der Waals surface area contributed by atoms with Crippen LogP contribution in [0, 0.1) is 11.3 Å². The maximum atomic E-state index is 13.9. The topological polar surface area (TPSA) is 195 Å². The molecular weight excluding hydrogens is 725 g/mol. The summed E-state index contributed by atoms with van der Waals surface area (Å²) in [6.45, 7) is 6.36. The quantitative estimate of drug-likeness (QED) is 0.0372. The molecule has 0 radical (unpaired) electrons. The number of anilines is 1. The van der Waals surface area contributed by atoms with E-state index >= 15 is 0 Å². The first-order valence-electron chi connectivity index (χ1n) is 18.5. The minimum atomic E-state index is -0.720. The Kier molecular flexibility index (Phi) is 14.5. The number of hydrogen-bond donors (Lipinski definition) is 5. The molecule has 0 saturated heterocycles. The summed E-state index contributed by atoms with van der Waals surface area (Å²) in [6.07, 6.45) is -0.147. The summed E-state index contributed by atoms with van der Waals surface area (Å²) in [5.41, 5.74) is 8.90. The van der Waals surface area contributed by atoms with Crippen LogP contribution in [0.1, 0.15) is 75.1 Å². The normalized spacial score (nSPS) is 11.2. The van der Waals surface area contributed by atoms with Crippen molar-refractivity contribution in [1.82, 2.24) is 15.6 Å². The van der Waals surface area contributed by atoms with E-state index in [2.05, 4.69) is 20.9 Å². The maximum absolute atomic E-state index is 13.9. The van der Waals surface area contributed by atoms with Crippen LogP contribution in [0.15, 0.2) is 115 Å². The Bertz CT molecular complexity index is 2180. The first-order valence-corrected chi connectivity index (χ1v) is 18.5. The molecule has 1 atom stereocenters. The van der Waals surface area contributed by atoms with E-state index in [0.29, 0.717) is 35.4 Å². The molecule has 1 unspecified atom stereocenters. The number of esters is 1. The number of nitrogens with two attached hydrogens (primary N) is 1. The number of amidine groups is 1. The summed E-state index contributed by atoms with van der Waals surface area (Å²) in [7, 11) is 0. The SMILES string of the molecule is CCOc1ccc(-c2ccc(C(=O)NC(CCNC(=O)OCc3ccccc3)C(C)C)cc2C(=O)OCc2ccccc2)c(C(=O)Nc2ccc(C(=N)N)cc2)n1. The third-order valence-corrected chi connectivity index (χ3v) is 8.89. The number of pyridine rings is 1. The molecule has 0 aliphatic heterocycles. The zero-order chi connectivity index (χ0) is 40.7. The van der Waals surface area contributed by atoms with E-state index in [1.54, 1.807) is 55.5 Å². The molecule has 5 rings (SSSR count). The van der Waals surface area contributed by atoms with Crippen LogP contribution in [-0.2, 0) is 22.7 Å². The summed E-state index contributed by atoms with van der Waals surface area (Å²) in [5, 5.41) is 16.3.